The summed E-state index contributed by atoms with van der Waals surface area (Å²) in [5, 5.41) is 7.25. The van der Waals surface area contributed by atoms with Crippen molar-refractivity contribution in [3.05, 3.63) is 30.4 Å². The van der Waals surface area contributed by atoms with Crippen molar-refractivity contribution in [3.8, 4) is 11.4 Å². The van der Waals surface area contributed by atoms with Crippen LogP contribution in [0.1, 0.15) is 26.5 Å². The van der Waals surface area contributed by atoms with Crippen LogP contribution >= 0.6 is 0 Å². The van der Waals surface area contributed by atoms with Crippen LogP contribution in [-0.2, 0) is 5.41 Å². The molecule has 2 heterocycles. The quantitative estimate of drug-likeness (QED) is 0.771. The third-order valence-electron chi connectivity index (χ3n) is 2.21. The predicted molar refractivity (Wildman–Crippen MR) is 58.3 cm³/mol. The molecule has 2 aromatic rings. The van der Waals surface area contributed by atoms with Crippen LogP contribution in [-0.4, -0.2) is 20.2 Å². The van der Waals surface area contributed by atoms with Gasteiger partial charge in [-0.2, -0.15) is 5.10 Å². The number of aromatic amines is 1. The summed E-state index contributed by atoms with van der Waals surface area (Å²) in [6.07, 6.45) is 5.03. The van der Waals surface area contributed by atoms with Crippen molar-refractivity contribution in [1.82, 2.24) is 20.2 Å². The zero-order valence-electron chi connectivity index (χ0n) is 9.15. The summed E-state index contributed by atoms with van der Waals surface area (Å²) in [4.78, 5) is 8.22. The first-order valence-electron chi connectivity index (χ1n) is 4.89. The first-order valence-corrected chi connectivity index (χ1v) is 4.89. The lowest BCUT2D eigenvalue weighted by atomic mass is 9.92. The highest BCUT2D eigenvalue weighted by Gasteiger charge is 2.17. The minimum Gasteiger partial charge on any atom is -0.281 e. The maximum absolute atomic E-state index is 4.23. The van der Waals surface area contributed by atoms with Gasteiger partial charge in [-0.25, -0.2) is 0 Å². The molecule has 2 aromatic heterocycles. The molecule has 4 nitrogen and oxygen atoms in total. The summed E-state index contributed by atoms with van der Waals surface area (Å²) in [6, 6.07) is 2.02. The normalized spacial score (nSPS) is 11.7. The third-order valence-corrected chi connectivity index (χ3v) is 2.21. The van der Waals surface area contributed by atoms with Crippen LogP contribution in [0.15, 0.2) is 24.7 Å². The summed E-state index contributed by atoms with van der Waals surface area (Å²) in [6.45, 7) is 6.42. The van der Waals surface area contributed by atoms with E-state index in [2.05, 4.69) is 40.9 Å². The van der Waals surface area contributed by atoms with E-state index in [0.29, 0.717) is 0 Å². The van der Waals surface area contributed by atoms with Gasteiger partial charge in [-0.05, 0) is 6.07 Å². The number of hydrogen-bond acceptors (Lipinski definition) is 3. The molecule has 0 radical (unpaired) electrons. The Morgan fingerprint density at radius 2 is 1.93 bits per heavy atom. The molecule has 0 saturated heterocycles. The minimum atomic E-state index is 0.0768. The fourth-order valence-corrected chi connectivity index (χ4v) is 1.27. The lowest BCUT2D eigenvalue weighted by Crippen LogP contribution is -2.11. The Morgan fingerprint density at radius 3 is 2.47 bits per heavy atom. The zero-order valence-corrected chi connectivity index (χ0v) is 9.15. The highest BCUT2D eigenvalue weighted by molar-refractivity contribution is 5.53. The van der Waals surface area contributed by atoms with Gasteiger partial charge in [0.2, 0.25) is 0 Å². The maximum Gasteiger partial charge on any atom is 0.112 e. The van der Waals surface area contributed by atoms with Gasteiger partial charge < -0.3 is 0 Å². The highest BCUT2D eigenvalue weighted by Crippen LogP contribution is 2.23. The third kappa shape index (κ3) is 2.03. The minimum absolute atomic E-state index is 0.0768. The molecule has 0 aliphatic carbocycles. The van der Waals surface area contributed by atoms with Crippen molar-refractivity contribution in [2.24, 2.45) is 0 Å². The van der Waals surface area contributed by atoms with Crippen LogP contribution in [0.25, 0.3) is 11.4 Å². The Bertz CT molecular complexity index is 439. The molecule has 0 aliphatic heterocycles. The largest absolute Gasteiger partial charge is 0.281 e. The number of hydrogen-bond donors (Lipinski definition) is 1. The van der Waals surface area contributed by atoms with Crippen LogP contribution in [0.4, 0.5) is 0 Å². The van der Waals surface area contributed by atoms with Crippen molar-refractivity contribution < 1.29 is 0 Å². The Kier molecular flexibility index (Phi) is 2.26. The van der Waals surface area contributed by atoms with Gasteiger partial charge in [0.1, 0.15) is 11.4 Å². The highest BCUT2D eigenvalue weighted by atomic mass is 15.1. The van der Waals surface area contributed by atoms with Crippen LogP contribution in [0.5, 0.6) is 0 Å². The average Bonchev–Trinajstić information content (AvgIpc) is 2.67. The number of aromatic nitrogens is 4. The first kappa shape index (κ1) is 9.83. The van der Waals surface area contributed by atoms with Gasteiger partial charge in [0.05, 0.1) is 6.20 Å². The molecule has 0 spiro atoms. The van der Waals surface area contributed by atoms with E-state index in [-0.39, 0.29) is 5.41 Å². The molecule has 0 aromatic carbocycles. The zero-order chi connectivity index (χ0) is 10.9. The molecule has 78 valence electrons. The van der Waals surface area contributed by atoms with E-state index in [4.69, 9.17) is 0 Å². The Balaban J connectivity index is 2.37. The van der Waals surface area contributed by atoms with Gasteiger partial charge >= 0.3 is 0 Å². The topological polar surface area (TPSA) is 54.5 Å². The molecular formula is C11H14N4. The summed E-state index contributed by atoms with van der Waals surface area (Å²) in [5.74, 6) is 0. The van der Waals surface area contributed by atoms with Gasteiger partial charge in [-0.3, -0.25) is 15.1 Å². The monoisotopic (exact) mass is 202 g/mol. The van der Waals surface area contributed by atoms with Gasteiger partial charge in [-0.1, -0.05) is 20.8 Å². The van der Waals surface area contributed by atoms with Crippen molar-refractivity contribution in [2.45, 2.75) is 26.2 Å². The second kappa shape index (κ2) is 3.46. The van der Waals surface area contributed by atoms with Crippen molar-refractivity contribution in [3.63, 3.8) is 0 Å². The molecule has 0 aliphatic rings. The second-order valence-corrected chi connectivity index (χ2v) is 4.51. The predicted octanol–water partition coefficient (Wildman–Crippen LogP) is 2.16. The van der Waals surface area contributed by atoms with E-state index in [1.807, 2.05) is 6.07 Å². The van der Waals surface area contributed by atoms with Gasteiger partial charge in [-0.15, -0.1) is 0 Å². The smallest absolute Gasteiger partial charge is 0.112 e. The summed E-state index contributed by atoms with van der Waals surface area (Å²) >= 11 is 0. The van der Waals surface area contributed by atoms with Crippen molar-refractivity contribution in [1.29, 1.82) is 0 Å². The van der Waals surface area contributed by atoms with E-state index in [1.54, 1.807) is 18.6 Å². The van der Waals surface area contributed by atoms with Crippen LogP contribution in [0, 0.1) is 0 Å². The van der Waals surface area contributed by atoms with Gasteiger partial charge in [0, 0.05) is 23.5 Å². The number of H-pyrrole nitrogens is 1. The number of rotatable bonds is 1. The average molecular weight is 202 g/mol. The SMILES string of the molecule is CC(C)(C)c1cc(-c2cnccn2)n[nH]1. The Hall–Kier alpha value is -1.71. The Morgan fingerprint density at radius 1 is 1.13 bits per heavy atom. The molecule has 2 rings (SSSR count). The molecule has 0 bridgehead atoms. The molecule has 1 N–H and O–H groups in total. The van der Waals surface area contributed by atoms with Gasteiger partial charge in [0.25, 0.3) is 0 Å². The number of nitrogens with zero attached hydrogens (tertiary/aromatic N) is 3. The van der Waals surface area contributed by atoms with Crippen LogP contribution in [0.2, 0.25) is 0 Å². The molecule has 0 atom stereocenters. The fourth-order valence-electron chi connectivity index (χ4n) is 1.27. The molecule has 4 heteroatoms. The van der Waals surface area contributed by atoms with Crippen LogP contribution < -0.4 is 0 Å². The maximum atomic E-state index is 4.23. The lowest BCUT2D eigenvalue weighted by Gasteiger charge is -2.14. The number of nitrogens with one attached hydrogen (secondary N) is 1. The second-order valence-electron chi connectivity index (χ2n) is 4.51. The lowest BCUT2D eigenvalue weighted by molar-refractivity contribution is 0.567. The van der Waals surface area contributed by atoms with Crippen LogP contribution in [0.3, 0.4) is 0 Å². The van der Waals surface area contributed by atoms with E-state index in [0.717, 1.165) is 17.1 Å². The molecule has 0 fully saturated rings. The van der Waals surface area contributed by atoms with E-state index in [1.165, 1.54) is 0 Å². The molecule has 15 heavy (non-hydrogen) atoms. The van der Waals surface area contributed by atoms with E-state index >= 15 is 0 Å². The molecule has 0 unspecified atom stereocenters. The molecular weight excluding hydrogens is 188 g/mol. The fraction of sp³-hybridized carbons (Fsp3) is 0.364. The van der Waals surface area contributed by atoms with Gasteiger partial charge in [0.15, 0.2) is 0 Å². The summed E-state index contributed by atoms with van der Waals surface area (Å²) in [7, 11) is 0. The van der Waals surface area contributed by atoms with Crippen molar-refractivity contribution >= 4 is 0 Å². The van der Waals surface area contributed by atoms with E-state index < -0.39 is 0 Å². The van der Waals surface area contributed by atoms with E-state index in [9.17, 15) is 0 Å². The summed E-state index contributed by atoms with van der Waals surface area (Å²) in [5.41, 5.74) is 2.81. The summed E-state index contributed by atoms with van der Waals surface area (Å²) < 4.78 is 0. The molecule has 0 saturated carbocycles. The molecule has 0 amide bonds. The van der Waals surface area contributed by atoms with Crippen molar-refractivity contribution in [2.75, 3.05) is 0 Å². The first-order chi connectivity index (χ1) is 7.07. The Labute approximate surface area is 88.8 Å². The standard InChI is InChI=1S/C11H14N4/c1-11(2,3)10-6-8(14-15-10)9-7-12-4-5-13-9/h4-7H,1-3H3,(H,14,15).